The number of aliphatic hydroxyl groups is 1. The third-order valence-electron chi connectivity index (χ3n) is 5.45. The maximum Gasteiger partial charge on any atom is 0.300 e. The van der Waals surface area contributed by atoms with Crippen LogP contribution in [0.15, 0.2) is 70.4 Å². The third-order valence-corrected chi connectivity index (χ3v) is 7.30. The molecular formula is C24H22N2O6S2. The first kappa shape index (κ1) is 23.7. The average Bonchev–Trinajstić information content (AvgIpc) is 3.41. The summed E-state index contributed by atoms with van der Waals surface area (Å²) in [5, 5.41) is 18.2. The van der Waals surface area contributed by atoms with Gasteiger partial charge in [-0.2, -0.15) is 0 Å². The summed E-state index contributed by atoms with van der Waals surface area (Å²) in [7, 11) is -3.92. The van der Waals surface area contributed by atoms with Gasteiger partial charge >= 0.3 is 0 Å². The smallest absolute Gasteiger partial charge is 0.300 e. The molecule has 1 atom stereocenters. The van der Waals surface area contributed by atoms with Crippen LogP contribution in [0, 0.1) is 6.92 Å². The molecule has 2 heterocycles. The zero-order valence-electron chi connectivity index (χ0n) is 18.4. The molecule has 34 heavy (non-hydrogen) atoms. The Morgan fingerprint density at radius 2 is 1.85 bits per heavy atom. The van der Waals surface area contributed by atoms with Crippen molar-refractivity contribution in [1.82, 2.24) is 0 Å². The molecule has 1 aliphatic heterocycles. The van der Waals surface area contributed by atoms with E-state index in [0.29, 0.717) is 28.5 Å². The van der Waals surface area contributed by atoms with E-state index >= 15 is 0 Å². The number of aryl methyl sites for hydroxylation is 1. The second-order valence-corrected chi connectivity index (χ2v) is 10.2. The zero-order chi connectivity index (χ0) is 24.6. The summed E-state index contributed by atoms with van der Waals surface area (Å²) >= 11 is 1.33. The molecule has 1 amide bonds. The van der Waals surface area contributed by atoms with Crippen molar-refractivity contribution in [3.63, 3.8) is 0 Å². The van der Waals surface area contributed by atoms with Crippen LogP contribution in [0.3, 0.4) is 0 Å². The molecule has 2 aromatic carbocycles. The topological polar surface area (TPSA) is 127 Å². The fourth-order valence-corrected chi connectivity index (χ4v) is 5.22. The molecule has 0 spiro atoms. The van der Waals surface area contributed by atoms with E-state index < -0.39 is 27.8 Å². The predicted molar refractivity (Wildman–Crippen MR) is 129 cm³/mol. The van der Waals surface area contributed by atoms with Gasteiger partial charge in [-0.1, -0.05) is 6.07 Å². The van der Waals surface area contributed by atoms with Gasteiger partial charge in [0.25, 0.3) is 11.7 Å². The van der Waals surface area contributed by atoms with Crippen LogP contribution in [-0.4, -0.2) is 31.8 Å². The Balaban J connectivity index is 1.86. The van der Waals surface area contributed by atoms with Gasteiger partial charge in [0.05, 0.1) is 17.1 Å². The van der Waals surface area contributed by atoms with Gasteiger partial charge in [0.1, 0.15) is 17.6 Å². The number of amides is 1. The second kappa shape index (κ2) is 9.05. The number of thiophene rings is 1. The Labute approximate surface area is 201 Å². The number of carbonyl (C=O) groups is 2. The number of carbonyl (C=O) groups excluding carboxylic acids is 2. The molecule has 176 valence electrons. The first-order valence-electron chi connectivity index (χ1n) is 10.3. The van der Waals surface area contributed by atoms with Gasteiger partial charge in [0, 0.05) is 16.1 Å². The van der Waals surface area contributed by atoms with Crippen molar-refractivity contribution in [1.29, 1.82) is 0 Å². The number of Topliss-reactive ketones (excluding diaryl/α,β-unsaturated/α-hetero) is 1. The highest BCUT2D eigenvalue weighted by Crippen LogP contribution is 2.43. The minimum atomic E-state index is -3.92. The lowest BCUT2D eigenvalue weighted by Crippen LogP contribution is -2.29. The van der Waals surface area contributed by atoms with Gasteiger partial charge in [-0.3, -0.25) is 14.5 Å². The normalized spacial score (nSPS) is 17.9. The summed E-state index contributed by atoms with van der Waals surface area (Å²) in [6, 6.07) is 13.1. The first-order chi connectivity index (χ1) is 16.1. The molecule has 1 aromatic heterocycles. The lowest BCUT2D eigenvalue weighted by atomic mass is 9.98. The third kappa shape index (κ3) is 4.23. The fraction of sp³-hybridized carbons (Fsp3) is 0.167. The Morgan fingerprint density at radius 1 is 1.15 bits per heavy atom. The zero-order valence-corrected chi connectivity index (χ0v) is 20.0. The Morgan fingerprint density at radius 3 is 2.41 bits per heavy atom. The van der Waals surface area contributed by atoms with Crippen LogP contribution in [0.1, 0.15) is 29.0 Å². The van der Waals surface area contributed by atoms with Crippen molar-refractivity contribution < 1.29 is 27.9 Å². The fourth-order valence-electron chi connectivity index (χ4n) is 3.88. The van der Waals surface area contributed by atoms with Crippen LogP contribution in [-0.2, 0) is 19.6 Å². The Bertz CT molecular complexity index is 1390. The molecule has 3 aromatic rings. The van der Waals surface area contributed by atoms with E-state index in [1.807, 2.05) is 13.8 Å². The lowest BCUT2D eigenvalue weighted by Gasteiger charge is -2.24. The van der Waals surface area contributed by atoms with Crippen LogP contribution in [0.5, 0.6) is 5.75 Å². The molecule has 8 nitrogen and oxygen atoms in total. The molecule has 0 saturated carbocycles. The summed E-state index contributed by atoms with van der Waals surface area (Å²) in [4.78, 5) is 28.1. The summed E-state index contributed by atoms with van der Waals surface area (Å²) in [5.74, 6) is -1.31. The number of nitrogens with two attached hydrogens (primary N) is 1. The number of rotatable bonds is 6. The number of primary sulfonamides is 1. The van der Waals surface area contributed by atoms with Crippen LogP contribution in [0.4, 0.5) is 5.69 Å². The Kier molecular flexibility index (Phi) is 6.30. The van der Waals surface area contributed by atoms with E-state index in [9.17, 15) is 23.1 Å². The SMILES string of the molecule is CCOc1ccc(/C(O)=C2/C(=O)C(=O)N(c3ccc(S(N)(=O)=O)cc3)C2c2cccs2)cc1C. The number of sulfonamides is 1. The van der Waals surface area contributed by atoms with Crippen molar-refractivity contribution in [2.75, 3.05) is 11.5 Å². The molecule has 0 bridgehead atoms. The van der Waals surface area contributed by atoms with Gasteiger partial charge in [-0.05, 0) is 73.3 Å². The number of hydrogen-bond acceptors (Lipinski definition) is 7. The Hall–Kier alpha value is -3.47. The van der Waals surface area contributed by atoms with Crippen LogP contribution >= 0.6 is 11.3 Å². The molecular weight excluding hydrogens is 476 g/mol. The summed E-state index contributed by atoms with van der Waals surface area (Å²) in [6.07, 6.45) is 0. The highest BCUT2D eigenvalue weighted by molar-refractivity contribution is 7.89. The van der Waals surface area contributed by atoms with Gasteiger partial charge in [0.15, 0.2) is 0 Å². The minimum Gasteiger partial charge on any atom is -0.507 e. The van der Waals surface area contributed by atoms with Crippen molar-refractivity contribution in [3.05, 3.63) is 81.6 Å². The molecule has 10 heteroatoms. The predicted octanol–water partition coefficient (Wildman–Crippen LogP) is 3.73. The number of hydrogen-bond donors (Lipinski definition) is 2. The number of anilines is 1. The summed E-state index contributed by atoms with van der Waals surface area (Å²) in [5.41, 5.74) is 1.40. The van der Waals surface area contributed by atoms with Crippen LogP contribution in [0.25, 0.3) is 5.76 Å². The molecule has 1 aliphatic rings. The van der Waals surface area contributed by atoms with E-state index in [0.717, 1.165) is 5.56 Å². The highest BCUT2D eigenvalue weighted by atomic mass is 32.2. The van der Waals surface area contributed by atoms with Crippen molar-refractivity contribution in [2.45, 2.75) is 24.8 Å². The number of aliphatic hydroxyl groups excluding tert-OH is 1. The summed E-state index contributed by atoms with van der Waals surface area (Å²) in [6.45, 7) is 4.18. The second-order valence-electron chi connectivity index (χ2n) is 7.64. The number of ether oxygens (including phenoxy) is 1. The minimum absolute atomic E-state index is 0.0495. The quantitative estimate of drug-likeness (QED) is 0.303. The van der Waals surface area contributed by atoms with Crippen molar-refractivity contribution in [2.24, 2.45) is 5.14 Å². The van der Waals surface area contributed by atoms with Crippen molar-refractivity contribution >= 4 is 44.5 Å². The van der Waals surface area contributed by atoms with E-state index in [1.165, 1.54) is 40.5 Å². The van der Waals surface area contributed by atoms with Gasteiger partial charge in [0.2, 0.25) is 10.0 Å². The van der Waals surface area contributed by atoms with Gasteiger partial charge in [-0.25, -0.2) is 13.6 Å². The maximum absolute atomic E-state index is 13.1. The molecule has 1 saturated heterocycles. The number of nitrogens with zero attached hydrogens (tertiary/aromatic N) is 1. The highest BCUT2D eigenvalue weighted by Gasteiger charge is 2.47. The van der Waals surface area contributed by atoms with E-state index in [2.05, 4.69) is 0 Å². The molecule has 3 N–H and O–H groups in total. The van der Waals surface area contributed by atoms with Crippen LogP contribution in [0.2, 0.25) is 0 Å². The maximum atomic E-state index is 13.1. The number of benzene rings is 2. The lowest BCUT2D eigenvalue weighted by molar-refractivity contribution is -0.132. The summed E-state index contributed by atoms with van der Waals surface area (Å²) < 4.78 is 28.8. The molecule has 1 unspecified atom stereocenters. The molecule has 0 radical (unpaired) electrons. The average molecular weight is 499 g/mol. The number of ketones is 1. The standard InChI is InChI=1S/C24H22N2O6S2/c1-3-32-18-11-6-15(13-14(18)2)22(27)20-21(19-5-4-12-33-19)26(24(29)23(20)28)16-7-9-17(10-8-16)34(25,30)31/h4-13,21,27H,3H2,1-2H3,(H2,25,30,31)/b22-20-. The largest absolute Gasteiger partial charge is 0.507 e. The van der Waals surface area contributed by atoms with E-state index in [1.54, 1.807) is 35.7 Å². The van der Waals surface area contributed by atoms with E-state index in [-0.39, 0.29) is 16.2 Å². The van der Waals surface area contributed by atoms with Gasteiger partial charge in [-0.15, -0.1) is 11.3 Å². The van der Waals surface area contributed by atoms with Crippen molar-refractivity contribution in [3.8, 4) is 5.75 Å². The monoisotopic (exact) mass is 498 g/mol. The van der Waals surface area contributed by atoms with Crippen LogP contribution < -0.4 is 14.8 Å². The molecule has 4 rings (SSSR count). The van der Waals surface area contributed by atoms with E-state index in [4.69, 9.17) is 9.88 Å². The molecule has 0 aliphatic carbocycles. The molecule has 1 fully saturated rings. The first-order valence-corrected chi connectivity index (χ1v) is 12.8. The van der Waals surface area contributed by atoms with Gasteiger partial charge < -0.3 is 9.84 Å².